The van der Waals surface area contributed by atoms with E-state index in [1.54, 1.807) is 38.0 Å². The maximum Gasteiger partial charge on any atom is 0.410 e. The van der Waals surface area contributed by atoms with E-state index in [1.165, 1.54) is 47.5 Å². The molecule has 3 aromatic rings. The highest BCUT2D eigenvalue weighted by molar-refractivity contribution is 7.10. The number of amides is 3. The van der Waals surface area contributed by atoms with Crippen LogP contribution in [-0.4, -0.2) is 75.9 Å². The quantitative estimate of drug-likeness (QED) is 0.221. The van der Waals surface area contributed by atoms with E-state index in [2.05, 4.69) is 10.3 Å². The summed E-state index contributed by atoms with van der Waals surface area (Å²) < 4.78 is 25.3. The lowest BCUT2D eigenvalue weighted by molar-refractivity contribution is -0.140. The van der Waals surface area contributed by atoms with Crippen LogP contribution in [0.3, 0.4) is 0 Å². The minimum absolute atomic E-state index is 0.0870. The molecule has 1 saturated carbocycles. The molecule has 10 nitrogen and oxygen atoms in total. The van der Waals surface area contributed by atoms with Gasteiger partial charge in [0.2, 0.25) is 17.6 Å². The molecule has 5 rings (SSSR count). The van der Waals surface area contributed by atoms with E-state index in [1.807, 2.05) is 30.3 Å². The molecule has 0 radical (unpaired) electrons. The van der Waals surface area contributed by atoms with Crippen molar-refractivity contribution in [1.82, 2.24) is 20.1 Å². The summed E-state index contributed by atoms with van der Waals surface area (Å²) in [5.74, 6) is -1.55. The first-order valence-electron chi connectivity index (χ1n) is 17.3. The lowest BCUT2D eigenvalue weighted by Gasteiger charge is -2.36. The maximum absolute atomic E-state index is 14.7. The molecule has 2 aromatic carbocycles. The van der Waals surface area contributed by atoms with Gasteiger partial charge in [0, 0.05) is 31.0 Å². The summed E-state index contributed by atoms with van der Waals surface area (Å²) in [6, 6.07) is 12.9. The average molecular weight is 707 g/mol. The molecule has 268 valence electrons. The number of likely N-dealkylation sites (N-methyl/N-ethyl adjacent to an activating group) is 1. The second-order valence-electron chi connectivity index (χ2n) is 14.2. The smallest absolute Gasteiger partial charge is 0.410 e. The number of carbonyl (C=O) groups is 4. The Balaban J connectivity index is 1.40. The highest BCUT2D eigenvalue weighted by Gasteiger charge is 2.44. The number of nitrogens with zero attached hydrogens (tertiary/aromatic N) is 3. The molecule has 12 heteroatoms. The number of hydrogen-bond donors (Lipinski definition) is 1. The lowest BCUT2D eigenvalue weighted by Crippen LogP contribution is -2.57. The first kappa shape index (κ1) is 37.1. The molecular weight excluding hydrogens is 660 g/mol. The predicted octanol–water partition coefficient (Wildman–Crippen LogP) is 6.69. The Labute approximate surface area is 297 Å². The molecule has 4 atom stereocenters. The Morgan fingerprint density at radius 3 is 2.38 bits per heavy atom. The monoisotopic (exact) mass is 706 g/mol. The average Bonchev–Trinajstić information content (AvgIpc) is 3.77. The molecule has 0 unspecified atom stereocenters. The van der Waals surface area contributed by atoms with E-state index in [9.17, 15) is 23.6 Å². The van der Waals surface area contributed by atoms with Crippen LogP contribution in [0.1, 0.15) is 98.9 Å². The SMILES string of the molecule is C[C@@H](C(=O)N[C@H](C(=O)N1C[C@H](OCc2ccccc2)C[C@H]1c1nc(C(=O)c2ccc(F)cc2)cs1)C1CCCCC1)N(C)C(=O)OC(C)(C)C. The van der Waals surface area contributed by atoms with E-state index < -0.39 is 41.5 Å². The van der Waals surface area contributed by atoms with Crippen molar-refractivity contribution in [2.45, 2.75) is 103 Å². The van der Waals surface area contributed by atoms with Gasteiger partial charge >= 0.3 is 6.09 Å². The van der Waals surface area contributed by atoms with Crippen molar-refractivity contribution in [2.75, 3.05) is 13.6 Å². The number of rotatable bonds is 11. The van der Waals surface area contributed by atoms with Gasteiger partial charge in [0.15, 0.2) is 0 Å². The Morgan fingerprint density at radius 2 is 1.72 bits per heavy atom. The van der Waals surface area contributed by atoms with Gasteiger partial charge < -0.3 is 19.7 Å². The van der Waals surface area contributed by atoms with E-state index in [0.717, 1.165) is 37.7 Å². The van der Waals surface area contributed by atoms with Crippen LogP contribution in [0.5, 0.6) is 0 Å². The minimum atomic E-state index is -0.890. The van der Waals surface area contributed by atoms with Crippen molar-refractivity contribution in [1.29, 1.82) is 0 Å². The van der Waals surface area contributed by atoms with E-state index in [-0.39, 0.29) is 36.0 Å². The summed E-state index contributed by atoms with van der Waals surface area (Å²) in [5.41, 5.74) is 0.808. The van der Waals surface area contributed by atoms with Gasteiger partial charge in [-0.25, -0.2) is 14.2 Å². The fourth-order valence-corrected chi connectivity index (χ4v) is 7.37. The molecule has 1 N–H and O–H groups in total. The molecule has 0 bridgehead atoms. The number of hydrogen-bond acceptors (Lipinski definition) is 8. The minimum Gasteiger partial charge on any atom is -0.444 e. The summed E-state index contributed by atoms with van der Waals surface area (Å²) in [6.45, 7) is 7.54. The third-order valence-corrected chi connectivity index (χ3v) is 10.3. The van der Waals surface area contributed by atoms with Crippen LogP contribution >= 0.6 is 11.3 Å². The highest BCUT2D eigenvalue weighted by atomic mass is 32.1. The first-order chi connectivity index (χ1) is 23.8. The largest absolute Gasteiger partial charge is 0.444 e. The van der Waals surface area contributed by atoms with Gasteiger partial charge in [-0.3, -0.25) is 19.3 Å². The van der Waals surface area contributed by atoms with Crippen LogP contribution in [-0.2, 0) is 25.7 Å². The first-order valence-corrected chi connectivity index (χ1v) is 18.2. The van der Waals surface area contributed by atoms with Crippen molar-refractivity contribution in [2.24, 2.45) is 5.92 Å². The van der Waals surface area contributed by atoms with E-state index in [4.69, 9.17) is 9.47 Å². The predicted molar refractivity (Wildman–Crippen MR) is 188 cm³/mol. The van der Waals surface area contributed by atoms with Crippen LogP contribution < -0.4 is 5.32 Å². The number of halogens is 1. The lowest BCUT2D eigenvalue weighted by atomic mass is 9.83. The van der Waals surface area contributed by atoms with Crippen molar-refractivity contribution in [3.05, 3.63) is 87.6 Å². The van der Waals surface area contributed by atoms with Gasteiger partial charge in [-0.1, -0.05) is 49.6 Å². The van der Waals surface area contributed by atoms with E-state index in [0.29, 0.717) is 23.6 Å². The number of benzene rings is 2. The molecule has 50 heavy (non-hydrogen) atoms. The third kappa shape index (κ3) is 9.33. The van der Waals surface area contributed by atoms with E-state index >= 15 is 0 Å². The fourth-order valence-electron chi connectivity index (χ4n) is 6.45. The highest BCUT2D eigenvalue weighted by Crippen LogP contribution is 2.38. The van der Waals surface area contributed by atoms with Gasteiger partial charge in [-0.05, 0) is 76.3 Å². The number of carbonyl (C=O) groups excluding carboxylic acids is 4. The maximum atomic E-state index is 14.7. The molecule has 1 aliphatic heterocycles. The number of likely N-dealkylation sites (tertiary alicyclic amines) is 1. The van der Waals surface area contributed by atoms with Crippen LogP contribution in [0, 0.1) is 11.7 Å². The second-order valence-corrected chi connectivity index (χ2v) is 15.1. The molecule has 2 heterocycles. The zero-order valence-electron chi connectivity index (χ0n) is 29.4. The zero-order valence-corrected chi connectivity index (χ0v) is 30.2. The van der Waals surface area contributed by atoms with Gasteiger partial charge in [0.1, 0.15) is 34.2 Å². The Bertz CT molecular complexity index is 1640. The normalized spacial score (nSPS) is 19.4. The van der Waals surface area contributed by atoms with Gasteiger partial charge in [0.25, 0.3) is 0 Å². The van der Waals surface area contributed by atoms with Crippen molar-refractivity contribution < 1.29 is 33.0 Å². The van der Waals surface area contributed by atoms with Gasteiger partial charge in [-0.15, -0.1) is 11.3 Å². The van der Waals surface area contributed by atoms with Crippen LogP contribution in [0.25, 0.3) is 0 Å². The second kappa shape index (κ2) is 16.2. The fraction of sp³-hybridized carbons (Fsp3) is 0.500. The van der Waals surface area contributed by atoms with Crippen LogP contribution in [0.15, 0.2) is 60.0 Å². The molecular formula is C38H47FN4O6S. The molecule has 2 aliphatic rings. The van der Waals surface area contributed by atoms with Crippen molar-refractivity contribution >= 4 is 35.0 Å². The number of ether oxygens (including phenoxy) is 2. The number of thiazole rings is 1. The standard InChI is InChI=1S/C38H47FN4O6S/c1-24(42(5)37(47)49-38(2,3)4)34(45)41-32(26-14-10-7-11-15-26)36(46)43-21-29(48-22-25-12-8-6-9-13-25)20-31(43)35-40-30(23-50-35)33(44)27-16-18-28(39)19-17-27/h6,8-9,12-13,16-19,23-24,26,29,31-32H,7,10-11,14-15,20-22H2,1-5H3,(H,41,45)/t24-,29+,31-,32-/m0/s1. The van der Waals surface area contributed by atoms with Crippen LogP contribution in [0.2, 0.25) is 0 Å². The summed E-state index contributed by atoms with van der Waals surface area (Å²) in [6.07, 6.45) is 4.04. The van der Waals surface area contributed by atoms with Gasteiger partial charge in [-0.2, -0.15) is 0 Å². The molecule has 1 saturated heterocycles. The molecule has 2 fully saturated rings. The van der Waals surface area contributed by atoms with Crippen molar-refractivity contribution in [3.63, 3.8) is 0 Å². The molecule has 3 amide bonds. The molecule has 0 spiro atoms. The third-order valence-electron chi connectivity index (χ3n) is 9.35. The van der Waals surface area contributed by atoms with Gasteiger partial charge in [0.05, 0.1) is 18.8 Å². The Kier molecular flexibility index (Phi) is 12.1. The van der Waals surface area contributed by atoms with Crippen molar-refractivity contribution in [3.8, 4) is 0 Å². The Morgan fingerprint density at radius 1 is 1.04 bits per heavy atom. The summed E-state index contributed by atoms with van der Waals surface area (Å²) >= 11 is 1.29. The molecule has 1 aromatic heterocycles. The summed E-state index contributed by atoms with van der Waals surface area (Å²) in [5, 5.41) is 5.28. The zero-order chi connectivity index (χ0) is 36.0. The topological polar surface area (TPSA) is 118 Å². The summed E-state index contributed by atoms with van der Waals surface area (Å²) in [4.78, 5) is 62.1. The Hall–Kier alpha value is -4.16. The number of aromatic nitrogens is 1. The number of nitrogens with one attached hydrogen (secondary N) is 1. The molecule has 1 aliphatic carbocycles. The van der Waals surface area contributed by atoms with Crippen LogP contribution in [0.4, 0.5) is 9.18 Å². The summed E-state index contributed by atoms with van der Waals surface area (Å²) in [7, 11) is 1.51. The number of ketones is 1.